The van der Waals surface area contributed by atoms with Crippen LogP contribution in [0.4, 0.5) is 17.6 Å². The van der Waals surface area contributed by atoms with Crippen LogP contribution in [0, 0.1) is 23.3 Å². The monoisotopic (exact) mass is 462 g/mol. The summed E-state index contributed by atoms with van der Waals surface area (Å²) in [4.78, 5) is 0. The first-order valence-electron chi connectivity index (χ1n) is 10.7. The van der Waals surface area contributed by atoms with Crippen LogP contribution < -0.4 is 4.74 Å². The highest BCUT2D eigenvalue weighted by atomic mass is 19.2. The minimum Gasteiger partial charge on any atom is -0.494 e. The van der Waals surface area contributed by atoms with Crippen molar-refractivity contribution in [3.8, 4) is 28.0 Å². The van der Waals surface area contributed by atoms with Gasteiger partial charge in [-0.1, -0.05) is 73.3 Å². The van der Waals surface area contributed by atoms with E-state index in [4.69, 9.17) is 4.74 Å². The molecule has 0 heterocycles. The Hall–Kier alpha value is -3.86. The summed E-state index contributed by atoms with van der Waals surface area (Å²) in [5.74, 6) is -3.92. The minimum atomic E-state index is -1.04. The molecule has 0 bridgehead atoms. The number of aryl methyl sites for hydroxylation is 2. The number of halogens is 4. The standard InChI is InChI=1S/C29H22F4O/c1-3-18-4-9-20(10-5-18)23-15-14-22(26(30)27(23)31)13-8-19-6-11-21(12-7-19)24-16-17-25(34-2)29(33)28(24)32/h3-7,9-12,14-17H,1,8,13H2,2H3. The van der Waals surface area contributed by atoms with E-state index in [1.165, 1.54) is 19.2 Å². The number of hydrogen-bond donors (Lipinski definition) is 0. The Balaban J connectivity index is 1.49. The Morgan fingerprint density at radius 2 is 1.21 bits per heavy atom. The van der Waals surface area contributed by atoms with E-state index in [2.05, 4.69) is 6.58 Å². The molecule has 4 aromatic rings. The van der Waals surface area contributed by atoms with Crippen LogP contribution in [0.25, 0.3) is 28.3 Å². The molecule has 0 amide bonds. The number of benzene rings is 4. The molecule has 0 saturated heterocycles. The maximum atomic E-state index is 14.8. The van der Waals surface area contributed by atoms with E-state index in [0.717, 1.165) is 11.1 Å². The lowest BCUT2D eigenvalue weighted by Gasteiger charge is -2.10. The van der Waals surface area contributed by atoms with Crippen LogP contribution >= 0.6 is 0 Å². The summed E-state index contributed by atoms with van der Waals surface area (Å²) in [7, 11) is 1.27. The second kappa shape index (κ2) is 9.96. The predicted molar refractivity (Wildman–Crippen MR) is 128 cm³/mol. The van der Waals surface area contributed by atoms with E-state index < -0.39 is 23.3 Å². The topological polar surface area (TPSA) is 9.23 Å². The highest BCUT2D eigenvalue weighted by molar-refractivity contribution is 5.67. The zero-order valence-corrected chi connectivity index (χ0v) is 18.5. The van der Waals surface area contributed by atoms with Gasteiger partial charge in [0.2, 0.25) is 5.82 Å². The van der Waals surface area contributed by atoms with Crippen LogP contribution in [-0.2, 0) is 12.8 Å². The molecule has 0 radical (unpaired) electrons. The van der Waals surface area contributed by atoms with Gasteiger partial charge in [-0.15, -0.1) is 0 Å². The molecule has 0 aliphatic heterocycles. The van der Waals surface area contributed by atoms with Crippen molar-refractivity contribution in [2.24, 2.45) is 0 Å². The van der Waals surface area contributed by atoms with Gasteiger partial charge in [-0.2, -0.15) is 4.39 Å². The first-order chi connectivity index (χ1) is 16.4. The second-order valence-corrected chi connectivity index (χ2v) is 7.87. The van der Waals surface area contributed by atoms with Gasteiger partial charge in [0.05, 0.1) is 7.11 Å². The van der Waals surface area contributed by atoms with Crippen molar-refractivity contribution in [2.75, 3.05) is 7.11 Å². The maximum absolute atomic E-state index is 14.8. The molecular formula is C29H22F4O. The molecule has 0 unspecified atom stereocenters. The molecule has 0 spiro atoms. The van der Waals surface area contributed by atoms with Crippen LogP contribution in [-0.4, -0.2) is 7.11 Å². The van der Waals surface area contributed by atoms with Crippen molar-refractivity contribution in [2.45, 2.75) is 12.8 Å². The lowest BCUT2D eigenvalue weighted by molar-refractivity contribution is 0.372. The molecule has 5 heteroatoms. The molecule has 4 aromatic carbocycles. The largest absolute Gasteiger partial charge is 0.494 e. The number of ether oxygens (including phenoxy) is 1. The molecule has 0 aliphatic rings. The van der Waals surface area contributed by atoms with Gasteiger partial charge in [0.1, 0.15) is 0 Å². The third-order valence-electron chi connectivity index (χ3n) is 5.83. The molecule has 0 aliphatic carbocycles. The zero-order valence-electron chi connectivity index (χ0n) is 18.5. The number of methoxy groups -OCH3 is 1. The van der Waals surface area contributed by atoms with Crippen molar-refractivity contribution >= 4 is 6.08 Å². The molecule has 4 rings (SSSR count). The molecule has 0 atom stereocenters. The van der Waals surface area contributed by atoms with Gasteiger partial charge in [-0.3, -0.25) is 0 Å². The van der Waals surface area contributed by atoms with Gasteiger partial charge in [-0.25, -0.2) is 13.2 Å². The lowest BCUT2D eigenvalue weighted by atomic mass is 9.97. The highest BCUT2D eigenvalue weighted by Crippen LogP contribution is 2.31. The van der Waals surface area contributed by atoms with Crippen LogP contribution in [0.1, 0.15) is 16.7 Å². The van der Waals surface area contributed by atoms with Gasteiger partial charge >= 0.3 is 0 Å². The van der Waals surface area contributed by atoms with Gasteiger partial charge in [-0.05, 0) is 52.8 Å². The van der Waals surface area contributed by atoms with E-state index in [0.29, 0.717) is 24.0 Å². The summed E-state index contributed by atoms with van der Waals surface area (Å²) in [5, 5.41) is 0. The van der Waals surface area contributed by atoms with Gasteiger partial charge in [0.25, 0.3) is 0 Å². The van der Waals surface area contributed by atoms with Crippen LogP contribution in [0.3, 0.4) is 0 Å². The highest BCUT2D eigenvalue weighted by Gasteiger charge is 2.16. The van der Waals surface area contributed by atoms with Gasteiger partial charge in [0, 0.05) is 11.1 Å². The first-order valence-corrected chi connectivity index (χ1v) is 10.7. The van der Waals surface area contributed by atoms with Gasteiger partial charge < -0.3 is 4.74 Å². The van der Waals surface area contributed by atoms with Crippen molar-refractivity contribution in [1.29, 1.82) is 0 Å². The Bertz CT molecular complexity index is 1330. The molecule has 34 heavy (non-hydrogen) atoms. The SMILES string of the molecule is C=Cc1ccc(-c2ccc(CCc3ccc(-c4ccc(OC)c(F)c4F)cc3)c(F)c2F)cc1. The average Bonchev–Trinajstić information content (AvgIpc) is 2.87. The van der Waals surface area contributed by atoms with Crippen LogP contribution in [0.15, 0.2) is 79.4 Å². The predicted octanol–water partition coefficient (Wildman–Crippen LogP) is 8.01. The molecule has 0 saturated carbocycles. The third kappa shape index (κ3) is 4.60. The Morgan fingerprint density at radius 1 is 0.647 bits per heavy atom. The van der Waals surface area contributed by atoms with E-state index in [1.54, 1.807) is 66.7 Å². The van der Waals surface area contributed by atoms with Crippen molar-refractivity contribution in [3.63, 3.8) is 0 Å². The third-order valence-corrected chi connectivity index (χ3v) is 5.83. The normalized spacial score (nSPS) is 10.9. The average molecular weight is 462 g/mol. The second-order valence-electron chi connectivity index (χ2n) is 7.87. The summed E-state index contributed by atoms with van der Waals surface area (Å²) in [6.45, 7) is 3.69. The van der Waals surface area contributed by atoms with E-state index in [9.17, 15) is 17.6 Å². The molecule has 1 nitrogen and oxygen atoms in total. The van der Waals surface area contributed by atoms with Crippen LogP contribution in [0.2, 0.25) is 0 Å². The fraction of sp³-hybridized carbons (Fsp3) is 0.103. The summed E-state index contributed by atoms with van der Waals surface area (Å²) < 4.78 is 62.6. The molecular weight excluding hydrogens is 440 g/mol. The Kier molecular flexibility index (Phi) is 6.82. The van der Waals surface area contributed by atoms with Crippen LogP contribution in [0.5, 0.6) is 5.75 Å². The van der Waals surface area contributed by atoms with Crippen molar-refractivity contribution in [1.82, 2.24) is 0 Å². The quantitative estimate of drug-likeness (QED) is 0.253. The van der Waals surface area contributed by atoms with E-state index in [-0.39, 0.29) is 22.4 Å². The molecule has 172 valence electrons. The first kappa shape index (κ1) is 23.3. The van der Waals surface area contributed by atoms with Crippen molar-refractivity contribution in [3.05, 3.63) is 119 Å². The van der Waals surface area contributed by atoms with E-state index >= 15 is 0 Å². The maximum Gasteiger partial charge on any atom is 0.201 e. The summed E-state index contributed by atoms with van der Waals surface area (Å²) >= 11 is 0. The van der Waals surface area contributed by atoms with Gasteiger partial charge in [0.15, 0.2) is 23.2 Å². The zero-order chi connectivity index (χ0) is 24.2. The Labute approximate surface area is 196 Å². The fourth-order valence-corrected chi connectivity index (χ4v) is 3.85. The van der Waals surface area contributed by atoms with Crippen molar-refractivity contribution < 1.29 is 22.3 Å². The summed E-state index contributed by atoms with van der Waals surface area (Å²) in [5.41, 5.74) is 3.45. The summed E-state index contributed by atoms with van der Waals surface area (Å²) in [6.07, 6.45) is 2.44. The lowest BCUT2D eigenvalue weighted by Crippen LogP contribution is -2.00. The molecule has 0 fully saturated rings. The molecule has 0 N–H and O–H groups in total. The molecule has 0 aromatic heterocycles. The Morgan fingerprint density at radius 3 is 1.79 bits per heavy atom. The smallest absolute Gasteiger partial charge is 0.201 e. The minimum absolute atomic E-state index is 0.120. The van der Waals surface area contributed by atoms with E-state index in [1.807, 2.05) is 0 Å². The summed E-state index contributed by atoms with van der Waals surface area (Å²) in [6, 6.07) is 19.9. The number of rotatable bonds is 7. The number of hydrogen-bond acceptors (Lipinski definition) is 1. The fourth-order valence-electron chi connectivity index (χ4n) is 3.85.